The van der Waals surface area contributed by atoms with Crippen molar-refractivity contribution in [3.63, 3.8) is 0 Å². The van der Waals surface area contributed by atoms with Crippen LogP contribution in [-0.2, 0) is 22.4 Å². The van der Waals surface area contributed by atoms with Crippen molar-refractivity contribution in [2.45, 2.75) is 70.6 Å². The lowest BCUT2D eigenvalue weighted by molar-refractivity contribution is -0.394. The maximum absolute atomic E-state index is 12.8. The van der Waals surface area contributed by atoms with Gasteiger partial charge in [0.15, 0.2) is 16.4 Å². The zero-order chi connectivity index (χ0) is 48.9. The molecule has 0 fully saturated rings. The molecule has 0 atom stereocenters. The number of nitro benzene ring substituents is 6. The van der Waals surface area contributed by atoms with Crippen LogP contribution in [0, 0.1) is 60.7 Å². The number of rotatable bonds is 17. The first-order valence-electron chi connectivity index (χ1n) is 17.6. The molecule has 2 N–H and O–H groups in total. The smallest absolute Gasteiger partial charge is 0.360 e. The largest absolute Gasteiger partial charge is 0.416 e. The van der Waals surface area contributed by atoms with Gasteiger partial charge in [-0.15, -0.1) is 0 Å². The summed E-state index contributed by atoms with van der Waals surface area (Å²) >= 11 is 5.27. The maximum atomic E-state index is 12.8. The standard InChI is InChI=1S/C13H16F3N3O4.C12H18N4O6S.C7H2ClF3N2O4/c1-3-5-17(6-4-2)12-10(18(20)21)7-9(13(14,15)16)8-11(12)19(22)23;1-3-5-14(6-4-2)12-10(15(17)18)7-9(23(13,21)22)8-11(12)16(19)20;8-6-4(12(14)15)1-3(7(9,10)11)2-5(6)13(16)17/h7-8H,3-6H2,1-2H3;7-8H,3-6H2,1-2H3,(H2,13,21,22);1-2H. The second-order valence-corrected chi connectivity index (χ2v) is 14.5. The average molecular weight is 952 g/mol. The van der Waals surface area contributed by atoms with Crippen LogP contribution in [0.25, 0.3) is 0 Å². The first kappa shape index (κ1) is 54.5. The number of alkyl halides is 6. The summed E-state index contributed by atoms with van der Waals surface area (Å²) in [6.45, 7) is 8.46. The minimum absolute atomic E-state index is 0.148. The molecule has 0 bridgehead atoms. The third kappa shape index (κ3) is 14.8. The third-order valence-corrected chi connectivity index (χ3v) is 9.20. The van der Waals surface area contributed by atoms with Crippen molar-refractivity contribution in [2.75, 3.05) is 36.0 Å². The molecule has 3 rings (SSSR count). The summed E-state index contributed by atoms with van der Waals surface area (Å²) in [6, 6.07) is 2.51. The highest BCUT2D eigenvalue weighted by molar-refractivity contribution is 7.89. The molecule has 3 aromatic rings. The molecule has 348 valence electrons. The summed E-state index contributed by atoms with van der Waals surface area (Å²) in [6.07, 6.45) is -7.53. The van der Waals surface area contributed by atoms with Crippen LogP contribution in [0.3, 0.4) is 0 Å². The minimum atomic E-state index is -4.93. The molecule has 0 radical (unpaired) electrons. The van der Waals surface area contributed by atoms with E-state index in [0.717, 1.165) is 12.1 Å². The highest BCUT2D eigenvalue weighted by Gasteiger charge is 2.40. The number of benzene rings is 3. The van der Waals surface area contributed by atoms with Crippen LogP contribution in [-0.4, -0.2) is 64.1 Å². The van der Waals surface area contributed by atoms with Gasteiger partial charge in [-0.1, -0.05) is 39.3 Å². The molecule has 0 saturated heterocycles. The summed E-state index contributed by atoms with van der Waals surface area (Å²) in [4.78, 5) is 61.9. The maximum Gasteiger partial charge on any atom is 0.416 e. The Balaban J connectivity index is 0.000000479. The van der Waals surface area contributed by atoms with E-state index in [-0.39, 0.29) is 36.6 Å². The number of sulfonamides is 1. The number of halogens is 7. The van der Waals surface area contributed by atoms with E-state index < -0.39 is 107 Å². The van der Waals surface area contributed by atoms with Gasteiger partial charge in [0.05, 0.1) is 45.6 Å². The van der Waals surface area contributed by atoms with Gasteiger partial charge in [-0.05, 0) is 25.7 Å². The molecular formula is C32H36ClF6N9O14S. The molecule has 0 saturated carbocycles. The van der Waals surface area contributed by atoms with E-state index in [9.17, 15) is 95.4 Å². The predicted molar refractivity (Wildman–Crippen MR) is 211 cm³/mol. The second kappa shape index (κ2) is 22.5. The Bertz CT molecular complexity index is 2220. The molecule has 0 amide bonds. The molecular weight excluding hydrogens is 916 g/mol. The van der Waals surface area contributed by atoms with E-state index in [1.807, 2.05) is 13.8 Å². The van der Waals surface area contributed by atoms with Crippen molar-refractivity contribution in [3.8, 4) is 0 Å². The van der Waals surface area contributed by atoms with Crippen LogP contribution in [0.5, 0.6) is 0 Å². The SMILES string of the molecule is CCCN(CCC)c1c([N+](=O)[O-])cc(C(F)(F)F)cc1[N+](=O)[O-].CCCN(CCC)c1c([N+](=O)[O-])cc(S(N)(=O)=O)cc1[N+](=O)[O-].O=[N+]([O-])c1cc(C(F)(F)F)cc([N+](=O)[O-])c1Cl. The second-order valence-electron chi connectivity index (χ2n) is 12.6. The summed E-state index contributed by atoms with van der Waals surface area (Å²) in [5, 5.41) is 69.8. The Morgan fingerprint density at radius 3 is 0.921 bits per heavy atom. The normalized spacial score (nSPS) is 11.3. The number of nitrogens with two attached hydrogens (primary N) is 1. The van der Waals surface area contributed by atoms with Crippen molar-refractivity contribution in [2.24, 2.45) is 5.14 Å². The van der Waals surface area contributed by atoms with Gasteiger partial charge >= 0.3 is 23.7 Å². The van der Waals surface area contributed by atoms with Crippen molar-refractivity contribution < 1.29 is 64.3 Å². The summed E-state index contributed by atoms with van der Waals surface area (Å²) in [5.41, 5.74) is -8.92. The van der Waals surface area contributed by atoms with Crippen molar-refractivity contribution in [3.05, 3.63) is 113 Å². The average Bonchev–Trinajstić information content (AvgIpc) is 3.15. The highest BCUT2D eigenvalue weighted by atomic mass is 35.5. The Morgan fingerprint density at radius 1 is 0.508 bits per heavy atom. The van der Waals surface area contributed by atoms with Crippen molar-refractivity contribution in [1.82, 2.24) is 0 Å². The molecule has 0 aliphatic rings. The van der Waals surface area contributed by atoms with E-state index in [1.54, 1.807) is 13.8 Å². The van der Waals surface area contributed by atoms with E-state index in [0.29, 0.717) is 50.9 Å². The number of nitrogens with zero attached hydrogens (tertiary/aromatic N) is 8. The van der Waals surface area contributed by atoms with Gasteiger partial charge in [-0.2, -0.15) is 26.3 Å². The van der Waals surface area contributed by atoms with Gasteiger partial charge in [-0.3, -0.25) is 60.7 Å². The van der Waals surface area contributed by atoms with Gasteiger partial charge < -0.3 is 9.80 Å². The van der Waals surface area contributed by atoms with Crippen LogP contribution in [0.2, 0.25) is 5.02 Å². The number of anilines is 2. The van der Waals surface area contributed by atoms with E-state index >= 15 is 0 Å². The number of hydrogen-bond donors (Lipinski definition) is 1. The first-order chi connectivity index (χ1) is 28.9. The van der Waals surface area contributed by atoms with Crippen molar-refractivity contribution in [1.29, 1.82) is 0 Å². The zero-order valence-corrected chi connectivity index (χ0v) is 34.6. The predicted octanol–water partition coefficient (Wildman–Crippen LogP) is 9.10. The summed E-state index contributed by atoms with van der Waals surface area (Å²) in [5.74, 6) is 0. The molecule has 0 aliphatic heterocycles. The lowest BCUT2D eigenvalue weighted by Crippen LogP contribution is -2.27. The fraction of sp³-hybridized carbons (Fsp3) is 0.438. The van der Waals surface area contributed by atoms with Crippen molar-refractivity contribution >= 4 is 67.1 Å². The third-order valence-electron chi connectivity index (χ3n) is 7.92. The zero-order valence-electron chi connectivity index (χ0n) is 33.0. The van der Waals surface area contributed by atoms with E-state index in [1.165, 1.54) is 9.80 Å². The van der Waals surface area contributed by atoms with E-state index in [4.69, 9.17) is 16.7 Å². The first-order valence-corrected chi connectivity index (χ1v) is 19.6. The molecule has 0 heterocycles. The summed E-state index contributed by atoms with van der Waals surface area (Å²) < 4.78 is 98.4. The quantitative estimate of drug-likeness (QED) is 0.0748. The molecule has 23 nitrogen and oxygen atoms in total. The van der Waals surface area contributed by atoms with Crippen LogP contribution in [0.4, 0.5) is 71.8 Å². The van der Waals surface area contributed by atoms with Gasteiger partial charge in [0, 0.05) is 62.6 Å². The molecule has 0 aromatic heterocycles. The molecule has 63 heavy (non-hydrogen) atoms. The van der Waals surface area contributed by atoms with Gasteiger partial charge in [0.2, 0.25) is 10.0 Å². The van der Waals surface area contributed by atoms with E-state index in [2.05, 4.69) is 0 Å². The lowest BCUT2D eigenvalue weighted by atomic mass is 10.1. The topological polar surface area (TPSA) is 325 Å². The molecule has 31 heteroatoms. The number of nitro groups is 6. The number of hydrogen-bond acceptors (Lipinski definition) is 16. The Morgan fingerprint density at radius 2 is 0.730 bits per heavy atom. The lowest BCUT2D eigenvalue weighted by Gasteiger charge is -2.23. The highest BCUT2D eigenvalue weighted by Crippen LogP contribution is 2.44. The fourth-order valence-corrected chi connectivity index (χ4v) is 6.29. The van der Waals surface area contributed by atoms with Crippen LogP contribution in [0.15, 0.2) is 41.3 Å². The number of primary sulfonamides is 1. The fourth-order valence-electron chi connectivity index (χ4n) is 5.49. The van der Waals surface area contributed by atoms with Crippen LogP contribution < -0.4 is 14.9 Å². The molecule has 0 unspecified atom stereocenters. The molecule has 3 aromatic carbocycles. The van der Waals surface area contributed by atoms with Crippen LogP contribution in [0.1, 0.15) is 64.5 Å². The Hall–Kier alpha value is -6.56. The Labute approximate surface area is 356 Å². The molecule has 0 spiro atoms. The van der Waals surface area contributed by atoms with Gasteiger partial charge in [0.25, 0.3) is 22.7 Å². The molecule has 0 aliphatic carbocycles. The minimum Gasteiger partial charge on any atom is -0.360 e. The summed E-state index contributed by atoms with van der Waals surface area (Å²) in [7, 11) is -4.31. The monoisotopic (exact) mass is 951 g/mol. The van der Waals surface area contributed by atoms with Gasteiger partial charge in [-0.25, -0.2) is 13.6 Å². The van der Waals surface area contributed by atoms with Crippen LogP contribution >= 0.6 is 11.6 Å². The Kier molecular flexibility index (Phi) is 19.5. The van der Waals surface area contributed by atoms with Gasteiger partial charge in [0.1, 0.15) is 0 Å².